The molecule has 0 aliphatic carbocycles. The van der Waals surface area contributed by atoms with Crippen LogP contribution in [0.5, 0.6) is 0 Å². The van der Waals surface area contributed by atoms with Crippen LogP contribution in [0.1, 0.15) is 54.2 Å². The molecule has 0 atom stereocenters. The lowest BCUT2D eigenvalue weighted by Crippen LogP contribution is -2.01. The van der Waals surface area contributed by atoms with Crippen molar-refractivity contribution < 1.29 is 6.17 Å². The molecule has 0 heterocycles. The van der Waals surface area contributed by atoms with Crippen molar-refractivity contribution in [1.82, 2.24) is 0 Å². The van der Waals surface area contributed by atoms with Crippen molar-refractivity contribution in [3.05, 3.63) is 0 Å². The molecule has 1 heteroatoms. The monoisotopic (exact) mass is 158 g/mol. The number of rotatable bonds is 6. The summed E-state index contributed by atoms with van der Waals surface area (Å²) in [6.07, 6.45) is 4.39. The van der Waals surface area contributed by atoms with Crippen LogP contribution >= 0.6 is 0 Å². The van der Waals surface area contributed by atoms with E-state index in [1.807, 2.05) is 0 Å². The third kappa shape index (κ3) is 7.57. The summed E-state index contributed by atoms with van der Waals surface area (Å²) in [7, 11) is 0. The van der Waals surface area contributed by atoms with Gasteiger partial charge in [-0.2, -0.15) is 0 Å². The maximum absolute atomic E-state index is 11.2. The highest BCUT2D eigenvalue weighted by Gasteiger charge is 2.03. The van der Waals surface area contributed by atoms with Crippen molar-refractivity contribution in [3.63, 3.8) is 0 Å². The molecule has 0 spiro atoms. The van der Waals surface area contributed by atoms with Gasteiger partial charge in [0.2, 0.25) is 0 Å². The Balaban J connectivity index is 3.20. The molecule has 0 fully saturated rings. The van der Waals surface area contributed by atoms with Gasteiger partial charge < -0.3 is 0 Å². The molecular formula is C10H20O. The van der Waals surface area contributed by atoms with E-state index < -0.39 is 0 Å². The summed E-state index contributed by atoms with van der Waals surface area (Å²) < 4.78 is 6.92. The molecule has 0 radical (unpaired) electrons. The van der Waals surface area contributed by atoms with Gasteiger partial charge in [0.1, 0.15) is 5.78 Å². The summed E-state index contributed by atoms with van der Waals surface area (Å²) in [5.41, 5.74) is 0. The third-order valence-electron chi connectivity index (χ3n) is 1.59. The molecule has 0 saturated heterocycles. The van der Waals surface area contributed by atoms with Crippen LogP contribution in [0.15, 0.2) is 0 Å². The Morgan fingerprint density at radius 1 is 1.45 bits per heavy atom. The fourth-order valence-electron chi connectivity index (χ4n) is 1.06. The molecule has 0 aromatic rings. The maximum atomic E-state index is 11.2. The van der Waals surface area contributed by atoms with Gasteiger partial charge in [0.05, 0.1) is 0 Å². The summed E-state index contributed by atoms with van der Waals surface area (Å²) in [5.74, 6) is 0.878. The van der Waals surface area contributed by atoms with Crippen molar-refractivity contribution in [1.29, 1.82) is 0 Å². The molecule has 0 unspecified atom stereocenters. The van der Waals surface area contributed by atoms with Gasteiger partial charge >= 0.3 is 0 Å². The Labute approximate surface area is 71.6 Å². The SMILES string of the molecule is [3H]CCCCCC(=O)CC(C)C. The molecule has 0 bridgehead atoms. The smallest absolute Gasteiger partial charge is 0.133 e. The zero-order valence-electron chi connectivity index (χ0n) is 8.73. The van der Waals surface area contributed by atoms with Gasteiger partial charge in [-0.25, -0.2) is 0 Å². The Morgan fingerprint density at radius 3 is 2.73 bits per heavy atom. The van der Waals surface area contributed by atoms with Crippen LogP contribution in [-0.4, -0.2) is 5.78 Å². The first kappa shape index (κ1) is 8.76. The standard InChI is InChI=1S/C10H20O/c1-4-5-6-7-10(11)8-9(2)3/h9H,4-8H2,1-3H3/i1T. The summed E-state index contributed by atoms with van der Waals surface area (Å²) in [5, 5.41) is 0. The van der Waals surface area contributed by atoms with E-state index in [1.165, 1.54) is 0 Å². The van der Waals surface area contributed by atoms with E-state index in [2.05, 4.69) is 13.8 Å². The minimum atomic E-state index is 0.384. The van der Waals surface area contributed by atoms with Crippen LogP contribution in [-0.2, 0) is 4.79 Å². The zero-order chi connectivity index (χ0) is 9.40. The molecule has 0 rings (SSSR count). The van der Waals surface area contributed by atoms with Gasteiger partial charge in [-0.05, 0) is 12.3 Å². The number of unbranched alkanes of at least 4 members (excludes halogenated alkanes) is 2. The van der Waals surface area contributed by atoms with E-state index >= 15 is 0 Å². The molecule has 0 amide bonds. The second-order valence-corrected chi connectivity index (χ2v) is 3.45. The molecule has 0 aromatic heterocycles. The summed E-state index contributed by atoms with van der Waals surface area (Å²) in [6.45, 7) is 4.64. The summed E-state index contributed by atoms with van der Waals surface area (Å²) in [4.78, 5) is 11.2. The highest BCUT2D eigenvalue weighted by atomic mass is 16.1. The largest absolute Gasteiger partial charge is 0.300 e. The number of carbonyl (C=O) groups excluding carboxylic acids is 1. The molecule has 0 aliphatic rings. The second-order valence-electron chi connectivity index (χ2n) is 3.45. The minimum Gasteiger partial charge on any atom is -0.300 e. The van der Waals surface area contributed by atoms with Crippen LogP contribution in [0.4, 0.5) is 0 Å². The van der Waals surface area contributed by atoms with Crippen LogP contribution < -0.4 is 0 Å². The molecule has 66 valence electrons. The first-order valence-electron chi connectivity index (χ1n) is 5.18. The van der Waals surface area contributed by atoms with Crippen molar-refractivity contribution in [2.45, 2.75) is 52.9 Å². The van der Waals surface area contributed by atoms with E-state index in [0.29, 0.717) is 18.6 Å². The van der Waals surface area contributed by atoms with E-state index in [0.717, 1.165) is 32.1 Å². The first-order valence-corrected chi connectivity index (χ1v) is 4.47. The van der Waals surface area contributed by atoms with Crippen LogP contribution in [0.25, 0.3) is 0 Å². The molecule has 0 saturated carbocycles. The minimum absolute atomic E-state index is 0.384. The number of carbonyl (C=O) groups is 1. The molecule has 1 nitrogen and oxygen atoms in total. The molecular weight excluding hydrogens is 136 g/mol. The molecule has 0 aliphatic heterocycles. The van der Waals surface area contributed by atoms with Gasteiger partial charge in [0, 0.05) is 14.2 Å². The van der Waals surface area contributed by atoms with Gasteiger partial charge in [0.15, 0.2) is 0 Å². The lowest BCUT2D eigenvalue weighted by Gasteiger charge is -2.02. The quantitative estimate of drug-likeness (QED) is 0.543. The van der Waals surface area contributed by atoms with Crippen LogP contribution in [0.3, 0.4) is 0 Å². The lowest BCUT2D eigenvalue weighted by molar-refractivity contribution is -0.119. The molecule has 0 N–H and O–H groups in total. The van der Waals surface area contributed by atoms with Gasteiger partial charge in [-0.15, -0.1) is 0 Å². The first-order chi connectivity index (χ1) is 5.66. The average Bonchev–Trinajstić information content (AvgIpc) is 1.97. The van der Waals surface area contributed by atoms with Crippen LogP contribution in [0.2, 0.25) is 0 Å². The zero-order valence-corrected chi connectivity index (χ0v) is 7.73. The van der Waals surface area contributed by atoms with E-state index in [-0.39, 0.29) is 0 Å². The number of hydrogen-bond donors (Lipinski definition) is 0. The highest BCUT2D eigenvalue weighted by molar-refractivity contribution is 5.78. The average molecular weight is 158 g/mol. The second kappa shape index (κ2) is 6.38. The fraction of sp³-hybridized carbons (Fsp3) is 0.900. The summed E-state index contributed by atoms with van der Waals surface area (Å²) >= 11 is 0. The van der Waals surface area contributed by atoms with Crippen molar-refractivity contribution >= 4 is 5.78 Å². The van der Waals surface area contributed by atoms with Gasteiger partial charge in [-0.3, -0.25) is 4.79 Å². The van der Waals surface area contributed by atoms with Crippen molar-refractivity contribution in [2.75, 3.05) is 0 Å². The van der Waals surface area contributed by atoms with Crippen LogP contribution in [0, 0.1) is 5.92 Å². The Hall–Kier alpha value is -0.330. The Morgan fingerprint density at radius 2 is 2.18 bits per heavy atom. The number of ketones is 1. The molecule has 0 aromatic carbocycles. The van der Waals surface area contributed by atoms with Crippen molar-refractivity contribution in [3.8, 4) is 0 Å². The topological polar surface area (TPSA) is 17.1 Å². The fourth-order valence-corrected chi connectivity index (χ4v) is 1.06. The third-order valence-corrected chi connectivity index (χ3v) is 1.59. The van der Waals surface area contributed by atoms with Crippen molar-refractivity contribution in [2.24, 2.45) is 5.92 Å². The summed E-state index contributed by atoms with van der Waals surface area (Å²) in [6, 6.07) is 0. The highest BCUT2D eigenvalue weighted by Crippen LogP contribution is 2.06. The maximum Gasteiger partial charge on any atom is 0.133 e. The normalized spacial score (nSPS) is 11.7. The predicted molar refractivity (Wildman–Crippen MR) is 48.6 cm³/mol. The van der Waals surface area contributed by atoms with E-state index in [9.17, 15) is 4.79 Å². The van der Waals surface area contributed by atoms with E-state index in [1.54, 1.807) is 0 Å². The number of hydrogen-bond acceptors (Lipinski definition) is 1. The predicted octanol–water partition coefficient (Wildman–Crippen LogP) is 3.18. The Kier molecular flexibility index (Phi) is 5.09. The lowest BCUT2D eigenvalue weighted by atomic mass is 10.0. The molecule has 11 heavy (non-hydrogen) atoms. The number of Topliss-reactive ketones (excluding diaryl/α,β-unsaturated/α-hetero) is 1. The van der Waals surface area contributed by atoms with Gasteiger partial charge in [0.25, 0.3) is 0 Å². The Bertz CT molecular complexity index is 121. The van der Waals surface area contributed by atoms with E-state index in [4.69, 9.17) is 1.37 Å². The van der Waals surface area contributed by atoms with Gasteiger partial charge in [-0.1, -0.05) is 33.6 Å².